The van der Waals surface area contributed by atoms with Crippen LogP contribution in [0.15, 0.2) is 46.9 Å². The molecule has 0 aliphatic heterocycles. The highest BCUT2D eigenvalue weighted by molar-refractivity contribution is 9.10. The van der Waals surface area contributed by atoms with E-state index in [9.17, 15) is 9.59 Å². The van der Waals surface area contributed by atoms with Gasteiger partial charge in [0.2, 0.25) is 0 Å². The van der Waals surface area contributed by atoms with Gasteiger partial charge in [-0.05, 0) is 55.7 Å². The molecule has 27 heavy (non-hydrogen) atoms. The molecule has 2 aromatic rings. The van der Waals surface area contributed by atoms with Crippen LogP contribution >= 0.6 is 15.9 Å². The highest BCUT2D eigenvalue weighted by atomic mass is 79.9. The minimum atomic E-state index is -0.585. The summed E-state index contributed by atoms with van der Waals surface area (Å²) >= 11 is 3.42. The Morgan fingerprint density at radius 3 is 2.48 bits per heavy atom. The molecule has 0 saturated carbocycles. The van der Waals surface area contributed by atoms with E-state index in [1.165, 1.54) is 12.7 Å². The molecule has 0 heterocycles. The van der Waals surface area contributed by atoms with Gasteiger partial charge in [0.25, 0.3) is 11.8 Å². The van der Waals surface area contributed by atoms with Crippen molar-refractivity contribution in [2.45, 2.75) is 25.8 Å². The van der Waals surface area contributed by atoms with E-state index in [0.717, 1.165) is 17.3 Å². The summed E-state index contributed by atoms with van der Waals surface area (Å²) in [5.74, 6) is -0.0564. The number of methoxy groups -OCH3 is 1. The zero-order chi connectivity index (χ0) is 19.8. The normalized spacial score (nSPS) is 11.5. The molecular weight excluding hydrogens is 412 g/mol. The molecule has 2 aromatic carbocycles. The molecule has 0 spiro atoms. The lowest BCUT2D eigenvalue weighted by atomic mass is 10.1. The van der Waals surface area contributed by atoms with Gasteiger partial charge >= 0.3 is 0 Å². The van der Waals surface area contributed by atoms with Crippen molar-refractivity contribution < 1.29 is 19.1 Å². The second kappa shape index (κ2) is 9.97. The first-order chi connectivity index (χ1) is 12.9. The van der Waals surface area contributed by atoms with Gasteiger partial charge in [-0.15, -0.1) is 0 Å². The van der Waals surface area contributed by atoms with Crippen LogP contribution in [0.2, 0.25) is 0 Å². The van der Waals surface area contributed by atoms with Crippen LogP contribution in [0.4, 0.5) is 0 Å². The molecular formula is C20H23BrN2O4. The Kier molecular flexibility index (Phi) is 7.67. The number of carbonyl (C=O) groups excluding carboxylic acids is 2. The van der Waals surface area contributed by atoms with Crippen LogP contribution in [0.5, 0.6) is 11.5 Å². The summed E-state index contributed by atoms with van der Waals surface area (Å²) in [6.45, 7) is 1.72. The fourth-order valence-electron chi connectivity index (χ4n) is 2.49. The average Bonchev–Trinajstić information content (AvgIpc) is 2.65. The van der Waals surface area contributed by atoms with Gasteiger partial charge in [0.1, 0.15) is 0 Å². The Morgan fingerprint density at radius 1 is 1.15 bits per heavy atom. The minimum Gasteiger partial charge on any atom is -0.493 e. The number of nitrogens with two attached hydrogens (primary N) is 1. The van der Waals surface area contributed by atoms with Crippen molar-refractivity contribution in [1.82, 2.24) is 5.32 Å². The Morgan fingerprint density at radius 2 is 1.85 bits per heavy atom. The summed E-state index contributed by atoms with van der Waals surface area (Å²) in [6, 6.07) is 12.9. The lowest BCUT2D eigenvalue weighted by Crippen LogP contribution is -2.32. The second-order valence-electron chi connectivity index (χ2n) is 6.16. The maximum Gasteiger partial charge on any atom is 0.255 e. The number of primary amides is 1. The summed E-state index contributed by atoms with van der Waals surface area (Å²) in [6.07, 6.45) is 1.70. The van der Waals surface area contributed by atoms with Crippen LogP contribution in [0, 0.1) is 0 Å². The van der Waals surface area contributed by atoms with E-state index < -0.39 is 5.91 Å². The number of amides is 2. The lowest BCUT2D eigenvalue weighted by molar-refractivity contribution is -0.119. The molecule has 144 valence electrons. The third-order valence-corrected chi connectivity index (χ3v) is 4.48. The number of halogens is 1. The molecule has 0 aliphatic rings. The molecule has 0 saturated heterocycles. The molecule has 0 fully saturated rings. The van der Waals surface area contributed by atoms with E-state index in [2.05, 4.69) is 33.4 Å². The second-order valence-corrected chi connectivity index (χ2v) is 7.08. The van der Waals surface area contributed by atoms with E-state index >= 15 is 0 Å². The standard InChI is InChI=1S/C20H23BrN2O4/c1-13(3-4-14-5-8-16(21)9-6-14)23-20(25)15-7-10-17(18(11-15)26-2)27-12-19(22)24/h5-11,13H,3-4,12H2,1-2H3,(H2,22,24)(H,23,25). The Labute approximate surface area is 167 Å². The van der Waals surface area contributed by atoms with Gasteiger partial charge in [0.15, 0.2) is 18.1 Å². The number of carbonyl (C=O) groups is 2. The summed E-state index contributed by atoms with van der Waals surface area (Å²) in [4.78, 5) is 23.3. The molecule has 6 nitrogen and oxygen atoms in total. The smallest absolute Gasteiger partial charge is 0.255 e. The summed E-state index contributed by atoms with van der Waals surface area (Å²) in [5.41, 5.74) is 6.74. The van der Waals surface area contributed by atoms with Crippen LogP contribution < -0.4 is 20.5 Å². The van der Waals surface area contributed by atoms with Crippen LogP contribution in [0.25, 0.3) is 0 Å². The van der Waals surface area contributed by atoms with E-state index in [4.69, 9.17) is 15.2 Å². The van der Waals surface area contributed by atoms with Crippen molar-refractivity contribution in [1.29, 1.82) is 0 Å². The van der Waals surface area contributed by atoms with Gasteiger partial charge in [-0.25, -0.2) is 0 Å². The Balaban J connectivity index is 1.93. The molecule has 3 N–H and O–H groups in total. The molecule has 1 atom stereocenters. The van der Waals surface area contributed by atoms with Crippen LogP contribution in [0.1, 0.15) is 29.3 Å². The zero-order valence-electron chi connectivity index (χ0n) is 15.3. The first-order valence-corrected chi connectivity index (χ1v) is 9.32. The Bertz CT molecular complexity index is 793. The van der Waals surface area contributed by atoms with E-state index in [1.54, 1.807) is 18.2 Å². The van der Waals surface area contributed by atoms with Crippen molar-refractivity contribution in [3.05, 3.63) is 58.1 Å². The van der Waals surface area contributed by atoms with Gasteiger partial charge in [-0.3, -0.25) is 9.59 Å². The number of ether oxygens (including phenoxy) is 2. The van der Waals surface area contributed by atoms with Crippen LogP contribution in [-0.2, 0) is 11.2 Å². The van der Waals surface area contributed by atoms with E-state index in [0.29, 0.717) is 17.1 Å². The lowest BCUT2D eigenvalue weighted by Gasteiger charge is -2.15. The van der Waals surface area contributed by atoms with Gasteiger partial charge in [-0.2, -0.15) is 0 Å². The number of rotatable bonds is 9. The summed E-state index contributed by atoms with van der Waals surface area (Å²) in [5, 5.41) is 2.98. The van der Waals surface area contributed by atoms with Crippen molar-refractivity contribution in [3.8, 4) is 11.5 Å². The SMILES string of the molecule is COc1cc(C(=O)NC(C)CCc2ccc(Br)cc2)ccc1OCC(N)=O. The third-order valence-electron chi connectivity index (χ3n) is 3.95. The quantitative estimate of drug-likeness (QED) is 0.634. The van der Waals surface area contributed by atoms with Crippen molar-refractivity contribution in [2.24, 2.45) is 5.73 Å². The fourth-order valence-corrected chi connectivity index (χ4v) is 2.75. The van der Waals surface area contributed by atoms with Crippen molar-refractivity contribution in [2.75, 3.05) is 13.7 Å². The van der Waals surface area contributed by atoms with Gasteiger partial charge in [0, 0.05) is 16.1 Å². The molecule has 0 aliphatic carbocycles. The van der Waals surface area contributed by atoms with Gasteiger partial charge in [0.05, 0.1) is 7.11 Å². The zero-order valence-corrected chi connectivity index (χ0v) is 16.9. The molecule has 0 aromatic heterocycles. The van der Waals surface area contributed by atoms with Gasteiger partial charge < -0.3 is 20.5 Å². The number of hydrogen-bond donors (Lipinski definition) is 2. The monoisotopic (exact) mass is 434 g/mol. The van der Waals surface area contributed by atoms with Crippen LogP contribution in [0.3, 0.4) is 0 Å². The first kappa shape index (κ1) is 20.8. The molecule has 7 heteroatoms. The maximum atomic E-state index is 12.5. The number of aryl methyl sites for hydroxylation is 1. The molecule has 2 amide bonds. The summed E-state index contributed by atoms with van der Waals surface area (Å²) in [7, 11) is 1.47. The molecule has 0 bridgehead atoms. The molecule has 0 radical (unpaired) electrons. The predicted octanol–water partition coefficient (Wildman–Crippen LogP) is 3.07. The molecule has 2 rings (SSSR count). The van der Waals surface area contributed by atoms with Crippen molar-refractivity contribution >= 4 is 27.7 Å². The summed E-state index contributed by atoms with van der Waals surface area (Å²) < 4.78 is 11.5. The number of nitrogens with one attached hydrogen (secondary N) is 1. The van der Waals surface area contributed by atoms with Crippen LogP contribution in [-0.4, -0.2) is 31.6 Å². The number of benzene rings is 2. The third kappa shape index (κ3) is 6.60. The Hall–Kier alpha value is -2.54. The highest BCUT2D eigenvalue weighted by Gasteiger charge is 2.14. The van der Waals surface area contributed by atoms with Gasteiger partial charge in [-0.1, -0.05) is 28.1 Å². The minimum absolute atomic E-state index is 0.0120. The maximum absolute atomic E-state index is 12.5. The fraction of sp³-hybridized carbons (Fsp3) is 0.300. The molecule has 1 unspecified atom stereocenters. The number of hydrogen-bond acceptors (Lipinski definition) is 4. The van der Waals surface area contributed by atoms with E-state index in [1.807, 2.05) is 19.1 Å². The average molecular weight is 435 g/mol. The van der Waals surface area contributed by atoms with E-state index in [-0.39, 0.29) is 18.6 Å². The van der Waals surface area contributed by atoms with Crippen molar-refractivity contribution in [3.63, 3.8) is 0 Å². The highest BCUT2D eigenvalue weighted by Crippen LogP contribution is 2.28. The predicted molar refractivity (Wildman–Crippen MR) is 107 cm³/mol. The topological polar surface area (TPSA) is 90.7 Å². The largest absolute Gasteiger partial charge is 0.493 e. The first-order valence-electron chi connectivity index (χ1n) is 8.53.